The SMILES string of the molecule is CC1(C)OC[C@H](c2ccc(Cl)c(-n3cc([Si](C)(C)C)nn3)c2)N1C(=O)O. The molecule has 0 radical (unpaired) electrons. The highest BCUT2D eigenvalue weighted by Gasteiger charge is 2.44. The molecular formula is C17H23ClN4O3Si. The second kappa shape index (κ2) is 6.36. The Morgan fingerprint density at radius 2 is 2.08 bits per heavy atom. The molecule has 0 aliphatic carbocycles. The van der Waals surface area contributed by atoms with Gasteiger partial charge < -0.3 is 9.84 Å². The van der Waals surface area contributed by atoms with Crippen molar-refractivity contribution in [2.75, 3.05) is 6.61 Å². The molecule has 1 aliphatic rings. The smallest absolute Gasteiger partial charge is 0.410 e. The van der Waals surface area contributed by atoms with Crippen molar-refractivity contribution in [3.8, 4) is 5.69 Å². The number of hydrogen-bond donors (Lipinski definition) is 1. The maximum absolute atomic E-state index is 11.7. The summed E-state index contributed by atoms with van der Waals surface area (Å²) >= 11 is 6.38. The van der Waals surface area contributed by atoms with E-state index in [1.165, 1.54) is 4.90 Å². The van der Waals surface area contributed by atoms with Crippen LogP contribution >= 0.6 is 11.6 Å². The lowest BCUT2D eigenvalue weighted by Gasteiger charge is -2.31. The second-order valence-electron chi connectivity index (χ2n) is 7.94. The van der Waals surface area contributed by atoms with Gasteiger partial charge in [0.05, 0.1) is 28.7 Å². The molecular weight excluding hydrogens is 372 g/mol. The Bertz CT molecular complexity index is 847. The van der Waals surface area contributed by atoms with Gasteiger partial charge in [-0.1, -0.05) is 42.5 Å². The van der Waals surface area contributed by atoms with Gasteiger partial charge in [0.15, 0.2) is 0 Å². The minimum absolute atomic E-state index is 0.290. The number of hydrogen-bond acceptors (Lipinski definition) is 4. The summed E-state index contributed by atoms with van der Waals surface area (Å²) in [5, 5.41) is 19.6. The number of carboxylic acid groups (broad SMARTS) is 1. The molecule has 1 saturated heterocycles. The number of nitrogens with zero attached hydrogens (tertiary/aromatic N) is 4. The average molecular weight is 395 g/mol. The van der Waals surface area contributed by atoms with E-state index in [0.717, 1.165) is 10.9 Å². The number of carbonyl (C=O) groups is 1. The topological polar surface area (TPSA) is 80.5 Å². The molecule has 1 aliphatic heterocycles. The van der Waals surface area contributed by atoms with E-state index in [4.69, 9.17) is 16.3 Å². The van der Waals surface area contributed by atoms with Crippen molar-refractivity contribution < 1.29 is 14.6 Å². The van der Waals surface area contributed by atoms with Gasteiger partial charge in [0.25, 0.3) is 0 Å². The van der Waals surface area contributed by atoms with Crippen molar-refractivity contribution >= 4 is 31.1 Å². The van der Waals surface area contributed by atoms with Gasteiger partial charge in [-0.3, -0.25) is 4.90 Å². The van der Waals surface area contributed by atoms with E-state index in [1.54, 1.807) is 24.6 Å². The Kier molecular flexibility index (Phi) is 4.62. The van der Waals surface area contributed by atoms with E-state index in [2.05, 4.69) is 30.0 Å². The summed E-state index contributed by atoms with van der Waals surface area (Å²) in [5.74, 6) is 0. The summed E-state index contributed by atoms with van der Waals surface area (Å²) in [7, 11) is -1.59. The van der Waals surface area contributed by atoms with Gasteiger partial charge >= 0.3 is 6.09 Å². The Balaban J connectivity index is 2.01. The molecule has 0 bridgehead atoms. The molecule has 1 fully saturated rings. The lowest BCUT2D eigenvalue weighted by molar-refractivity contribution is -0.0420. The number of benzene rings is 1. The van der Waals surface area contributed by atoms with Gasteiger partial charge in [0, 0.05) is 6.20 Å². The first-order valence-corrected chi connectivity index (χ1v) is 12.3. The van der Waals surface area contributed by atoms with E-state index in [0.29, 0.717) is 10.7 Å². The van der Waals surface area contributed by atoms with E-state index in [-0.39, 0.29) is 6.61 Å². The lowest BCUT2D eigenvalue weighted by Crippen LogP contribution is -2.44. The first-order chi connectivity index (χ1) is 12.0. The largest absolute Gasteiger partial charge is 0.465 e. The van der Waals surface area contributed by atoms with Crippen molar-refractivity contribution in [3.05, 3.63) is 35.0 Å². The second-order valence-corrected chi connectivity index (χ2v) is 13.4. The fraction of sp³-hybridized carbons (Fsp3) is 0.471. The lowest BCUT2D eigenvalue weighted by atomic mass is 10.1. The summed E-state index contributed by atoms with van der Waals surface area (Å²) in [5.41, 5.74) is 0.604. The van der Waals surface area contributed by atoms with Crippen molar-refractivity contribution in [3.63, 3.8) is 0 Å². The summed E-state index contributed by atoms with van der Waals surface area (Å²) < 4.78 is 7.35. The van der Waals surface area contributed by atoms with E-state index < -0.39 is 25.9 Å². The van der Waals surface area contributed by atoms with Crippen LogP contribution in [0.1, 0.15) is 25.5 Å². The van der Waals surface area contributed by atoms with Crippen LogP contribution in [0.25, 0.3) is 5.69 Å². The Hall–Kier alpha value is -1.90. The number of amides is 1. The van der Waals surface area contributed by atoms with Crippen LogP contribution in [0, 0.1) is 0 Å². The van der Waals surface area contributed by atoms with Crippen LogP contribution in [-0.2, 0) is 4.74 Å². The summed E-state index contributed by atoms with van der Waals surface area (Å²) in [6.45, 7) is 10.4. The van der Waals surface area contributed by atoms with E-state index in [9.17, 15) is 9.90 Å². The van der Waals surface area contributed by atoms with E-state index >= 15 is 0 Å². The van der Waals surface area contributed by atoms with Crippen LogP contribution in [0.15, 0.2) is 24.4 Å². The van der Waals surface area contributed by atoms with Gasteiger partial charge in [0.2, 0.25) is 0 Å². The Morgan fingerprint density at radius 3 is 2.65 bits per heavy atom. The third-order valence-electron chi connectivity index (χ3n) is 4.56. The molecule has 0 unspecified atom stereocenters. The fourth-order valence-electron chi connectivity index (χ4n) is 3.05. The van der Waals surface area contributed by atoms with E-state index in [1.807, 2.05) is 18.3 Å². The molecule has 26 heavy (non-hydrogen) atoms. The molecule has 140 valence electrons. The molecule has 1 N–H and O–H groups in total. The zero-order valence-electron chi connectivity index (χ0n) is 15.5. The zero-order valence-corrected chi connectivity index (χ0v) is 17.3. The molecule has 1 aromatic carbocycles. The standard InChI is InChI=1S/C17H23ClN4O3Si/c1-17(2)22(16(23)24)14(10-25-17)11-6-7-12(18)13(8-11)21-9-15(19-20-21)26(3,4)5/h6-9,14H,10H2,1-5H3,(H,23,24)/t14-/m1/s1. The minimum Gasteiger partial charge on any atom is -0.465 e. The predicted molar refractivity (Wildman–Crippen MR) is 102 cm³/mol. The average Bonchev–Trinajstić information content (AvgIpc) is 3.11. The third kappa shape index (κ3) is 3.36. The molecule has 1 atom stereocenters. The zero-order chi connectivity index (χ0) is 19.3. The van der Waals surface area contributed by atoms with Gasteiger partial charge in [-0.25, -0.2) is 9.48 Å². The van der Waals surface area contributed by atoms with Gasteiger partial charge in [0.1, 0.15) is 13.8 Å². The Labute approximate surface area is 158 Å². The highest BCUT2D eigenvalue weighted by atomic mass is 35.5. The van der Waals surface area contributed by atoms with Crippen LogP contribution in [0.5, 0.6) is 0 Å². The maximum Gasteiger partial charge on any atom is 0.410 e. The minimum atomic E-state index is -1.59. The molecule has 2 heterocycles. The number of aromatic nitrogens is 3. The quantitative estimate of drug-likeness (QED) is 0.808. The molecule has 1 aromatic heterocycles. The van der Waals surface area contributed by atoms with Crippen LogP contribution in [0.3, 0.4) is 0 Å². The van der Waals surface area contributed by atoms with Crippen LogP contribution < -0.4 is 5.32 Å². The molecule has 9 heteroatoms. The van der Waals surface area contributed by atoms with Gasteiger partial charge in [-0.05, 0) is 31.5 Å². The summed E-state index contributed by atoms with van der Waals surface area (Å²) in [6, 6.07) is 5.04. The van der Waals surface area contributed by atoms with Crippen molar-refractivity contribution in [1.82, 2.24) is 19.9 Å². The van der Waals surface area contributed by atoms with Crippen molar-refractivity contribution in [1.29, 1.82) is 0 Å². The van der Waals surface area contributed by atoms with Crippen LogP contribution in [0.4, 0.5) is 4.79 Å². The third-order valence-corrected chi connectivity index (χ3v) is 6.64. The molecule has 1 amide bonds. The highest BCUT2D eigenvalue weighted by Crippen LogP contribution is 2.38. The van der Waals surface area contributed by atoms with Gasteiger partial charge in [-0.2, -0.15) is 0 Å². The molecule has 0 spiro atoms. The fourth-order valence-corrected chi connectivity index (χ4v) is 4.11. The van der Waals surface area contributed by atoms with Crippen LogP contribution in [0.2, 0.25) is 24.7 Å². The first kappa shape index (κ1) is 18.9. The number of rotatable bonds is 3. The summed E-state index contributed by atoms with van der Waals surface area (Å²) in [6.07, 6.45) is 0.886. The first-order valence-electron chi connectivity index (χ1n) is 8.39. The normalized spacial score (nSPS) is 19.8. The molecule has 7 nitrogen and oxygen atoms in total. The van der Waals surface area contributed by atoms with Crippen LogP contribution in [-0.4, -0.2) is 51.5 Å². The van der Waals surface area contributed by atoms with Crippen molar-refractivity contribution in [2.24, 2.45) is 0 Å². The van der Waals surface area contributed by atoms with Gasteiger partial charge in [-0.15, -0.1) is 5.10 Å². The summed E-state index contributed by atoms with van der Waals surface area (Å²) in [4.78, 5) is 13.1. The number of halogens is 1. The number of ether oxygens (including phenoxy) is 1. The maximum atomic E-state index is 11.7. The molecule has 0 saturated carbocycles. The monoisotopic (exact) mass is 394 g/mol. The molecule has 3 rings (SSSR count). The highest BCUT2D eigenvalue weighted by molar-refractivity contribution is 6.88. The van der Waals surface area contributed by atoms with Crippen molar-refractivity contribution in [2.45, 2.75) is 45.3 Å². The predicted octanol–water partition coefficient (Wildman–Crippen LogP) is 3.25. The Morgan fingerprint density at radius 1 is 1.38 bits per heavy atom. The molecule has 2 aromatic rings.